The maximum absolute atomic E-state index is 11.5. The molecule has 0 unspecified atom stereocenters. The van der Waals surface area contributed by atoms with E-state index in [1.54, 1.807) is 0 Å². The van der Waals surface area contributed by atoms with Gasteiger partial charge in [-0.05, 0) is 18.6 Å². The van der Waals surface area contributed by atoms with Crippen molar-refractivity contribution in [3.63, 3.8) is 0 Å². The maximum Gasteiger partial charge on any atom is 0.239 e. The van der Waals surface area contributed by atoms with Crippen molar-refractivity contribution in [2.75, 3.05) is 37.7 Å². The van der Waals surface area contributed by atoms with Crippen molar-refractivity contribution in [3.05, 3.63) is 18.2 Å². The monoisotopic (exact) mass is 248 g/mol. The van der Waals surface area contributed by atoms with Gasteiger partial charge < -0.3 is 19.7 Å². The molecule has 1 saturated heterocycles. The summed E-state index contributed by atoms with van der Waals surface area (Å²) >= 11 is 0. The molecule has 0 atom stereocenters. The molecular formula is C13H16N2O3. The van der Waals surface area contributed by atoms with Crippen molar-refractivity contribution in [1.29, 1.82) is 0 Å². The molecule has 1 N–H and O–H groups in total. The Morgan fingerprint density at radius 1 is 1.17 bits per heavy atom. The Bertz CT molecular complexity index is 462. The lowest BCUT2D eigenvalue weighted by Gasteiger charge is -2.24. The quantitative estimate of drug-likeness (QED) is 0.798. The Balaban J connectivity index is 1.84. The first-order valence-electron chi connectivity index (χ1n) is 6.24. The summed E-state index contributed by atoms with van der Waals surface area (Å²) < 4.78 is 11.0. The summed E-state index contributed by atoms with van der Waals surface area (Å²) in [5.41, 5.74) is 1.01. The molecule has 5 heteroatoms. The fourth-order valence-electron chi connectivity index (χ4n) is 2.26. The number of hydrogen-bond acceptors (Lipinski definition) is 4. The molecule has 2 heterocycles. The first-order chi connectivity index (χ1) is 8.83. The lowest BCUT2D eigenvalue weighted by atomic mass is 10.2. The largest absolute Gasteiger partial charge is 0.486 e. The van der Waals surface area contributed by atoms with Gasteiger partial charge >= 0.3 is 0 Å². The first-order valence-corrected chi connectivity index (χ1v) is 6.24. The minimum Gasteiger partial charge on any atom is -0.486 e. The second-order valence-corrected chi connectivity index (χ2v) is 4.45. The van der Waals surface area contributed by atoms with Crippen LogP contribution in [0, 0.1) is 0 Å². The van der Waals surface area contributed by atoms with E-state index in [1.807, 2.05) is 18.2 Å². The topological polar surface area (TPSA) is 50.8 Å². The molecule has 18 heavy (non-hydrogen) atoms. The highest BCUT2D eigenvalue weighted by Gasteiger charge is 2.18. The zero-order chi connectivity index (χ0) is 12.4. The van der Waals surface area contributed by atoms with Crippen LogP contribution in [0.25, 0.3) is 0 Å². The Kier molecular flexibility index (Phi) is 2.96. The second kappa shape index (κ2) is 4.76. The van der Waals surface area contributed by atoms with Gasteiger partial charge in [-0.25, -0.2) is 0 Å². The normalized spacial score (nSPS) is 19.1. The molecule has 0 bridgehead atoms. The molecule has 5 nitrogen and oxygen atoms in total. The third-order valence-corrected chi connectivity index (χ3v) is 3.15. The number of carbonyl (C=O) groups is 1. The van der Waals surface area contributed by atoms with Crippen LogP contribution in [-0.4, -0.2) is 38.8 Å². The number of benzene rings is 1. The summed E-state index contributed by atoms with van der Waals surface area (Å²) in [5, 5.41) is 2.87. The van der Waals surface area contributed by atoms with Crippen molar-refractivity contribution in [3.8, 4) is 11.5 Å². The Morgan fingerprint density at radius 3 is 2.89 bits per heavy atom. The average Bonchev–Trinajstić information content (AvgIpc) is 2.63. The maximum atomic E-state index is 11.5. The highest BCUT2D eigenvalue weighted by molar-refractivity contribution is 5.82. The number of nitrogens with zero attached hydrogens (tertiary/aromatic N) is 1. The van der Waals surface area contributed by atoms with Crippen molar-refractivity contribution in [2.45, 2.75) is 6.42 Å². The predicted octanol–water partition coefficient (Wildman–Crippen LogP) is 0.784. The van der Waals surface area contributed by atoms with Gasteiger partial charge in [-0.3, -0.25) is 4.79 Å². The van der Waals surface area contributed by atoms with Crippen LogP contribution in [-0.2, 0) is 4.79 Å². The molecule has 0 saturated carbocycles. The van der Waals surface area contributed by atoms with Crippen molar-refractivity contribution in [1.82, 2.24) is 5.32 Å². The average molecular weight is 248 g/mol. The van der Waals surface area contributed by atoms with Gasteiger partial charge in [-0.15, -0.1) is 0 Å². The van der Waals surface area contributed by atoms with Crippen molar-refractivity contribution >= 4 is 11.6 Å². The fraction of sp³-hybridized carbons (Fsp3) is 0.462. The molecule has 1 aromatic rings. The predicted molar refractivity (Wildman–Crippen MR) is 67.3 cm³/mol. The molecule has 0 radical (unpaired) electrons. The number of anilines is 1. The highest BCUT2D eigenvalue weighted by Crippen LogP contribution is 2.34. The summed E-state index contributed by atoms with van der Waals surface area (Å²) in [5.74, 6) is 1.62. The zero-order valence-electron chi connectivity index (χ0n) is 10.1. The van der Waals surface area contributed by atoms with Gasteiger partial charge in [0.1, 0.15) is 13.2 Å². The lowest BCUT2D eigenvalue weighted by Crippen LogP contribution is -2.33. The van der Waals surface area contributed by atoms with E-state index in [0.717, 1.165) is 36.7 Å². The first kappa shape index (κ1) is 11.2. The molecule has 1 aromatic carbocycles. The van der Waals surface area contributed by atoms with Crippen LogP contribution >= 0.6 is 0 Å². The molecule has 2 aliphatic heterocycles. The summed E-state index contributed by atoms with van der Waals surface area (Å²) in [6, 6.07) is 5.84. The second-order valence-electron chi connectivity index (χ2n) is 4.45. The van der Waals surface area contributed by atoms with Crippen LogP contribution in [0.4, 0.5) is 5.69 Å². The molecule has 0 aliphatic carbocycles. The van der Waals surface area contributed by atoms with Gasteiger partial charge in [0.15, 0.2) is 11.5 Å². The Hall–Kier alpha value is -1.91. The van der Waals surface area contributed by atoms with E-state index in [9.17, 15) is 4.79 Å². The molecule has 0 aromatic heterocycles. The molecule has 2 aliphatic rings. The smallest absolute Gasteiger partial charge is 0.239 e. The van der Waals surface area contributed by atoms with E-state index < -0.39 is 0 Å². The van der Waals surface area contributed by atoms with E-state index in [-0.39, 0.29) is 5.91 Å². The molecule has 3 rings (SSSR count). The standard InChI is InChI=1S/C13H16N2O3/c16-13-9-15(5-1-4-14-13)10-2-3-11-12(8-10)18-7-6-17-11/h2-3,8H,1,4-7,9H2,(H,14,16). The van der Waals surface area contributed by atoms with Crippen molar-refractivity contribution in [2.24, 2.45) is 0 Å². The third kappa shape index (κ3) is 2.20. The number of nitrogens with one attached hydrogen (secondary N) is 1. The van der Waals surface area contributed by atoms with Crippen LogP contribution in [0.2, 0.25) is 0 Å². The number of amides is 1. The number of carbonyl (C=O) groups excluding carboxylic acids is 1. The van der Waals surface area contributed by atoms with Gasteiger partial charge in [0, 0.05) is 24.8 Å². The highest BCUT2D eigenvalue weighted by atomic mass is 16.6. The van der Waals surface area contributed by atoms with E-state index in [2.05, 4.69) is 10.2 Å². The zero-order valence-corrected chi connectivity index (χ0v) is 10.1. The fourth-order valence-corrected chi connectivity index (χ4v) is 2.26. The van der Waals surface area contributed by atoms with Crippen LogP contribution in [0.1, 0.15) is 6.42 Å². The molecule has 0 spiro atoms. The SMILES string of the molecule is O=C1CN(c2ccc3c(c2)OCCO3)CCCN1. The summed E-state index contributed by atoms with van der Waals surface area (Å²) in [7, 11) is 0. The van der Waals surface area contributed by atoms with E-state index in [4.69, 9.17) is 9.47 Å². The Morgan fingerprint density at radius 2 is 2.00 bits per heavy atom. The van der Waals surface area contributed by atoms with Crippen LogP contribution in [0.5, 0.6) is 11.5 Å². The van der Waals surface area contributed by atoms with Gasteiger partial charge in [0.25, 0.3) is 0 Å². The van der Waals surface area contributed by atoms with Gasteiger partial charge in [-0.1, -0.05) is 0 Å². The van der Waals surface area contributed by atoms with Gasteiger partial charge in [0.2, 0.25) is 5.91 Å². The minimum atomic E-state index is 0.0717. The summed E-state index contributed by atoms with van der Waals surface area (Å²) in [4.78, 5) is 13.6. The van der Waals surface area contributed by atoms with Crippen molar-refractivity contribution < 1.29 is 14.3 Å². The number of fused-ring (bicyclic) bond motifs is 1. The van der Waals surface area contributed by atoms with Crippen LogP contribution < -0.4 is 19.7 Å². The summed E-state index contributed by atoms with van der Waals surface area (Å²) in [6.07, 6.45) is 0.959. The van der Waals surface area contributed by atoms with Gasteiger partial charge in [0.05, 0.1) is 6.54 Å². The Labute approximate surface area is 106 Å². The molecular weight excluding hydrogens is 232 g/mol. The molecule has 1 amide bonds. The van der Waals surface area contributed by atoms with E-state index in [0.29, 0.717) is 19.8 Å². The number of rotatable bonds is 1. The third-order valence-electron chi connectivity index (χ3n) is 3.15. The van der Waals surface area contributed by atoms with Crippen LogP contribution in [0.15, 0.2) is 18.2 Å². The molecule has 96 valence electrons. The van der Waals surface area contributed by atoms with Crippen LogP contribution in [0.3, 0.4) is 0 Å². The van der Waals surface area contributed by atoms with E-state index >= 15 is 0 Å². The summed E-state index contributed by atoms with van der Waals surface area (Å²) in [6.45, 7) is 3.20. The van der Waals surface area contributed by atoms with E-state index in [1.165, 1.54) is 0 Å². The lowest BCUT2D eigenvalue weighted by molar-refractivity contribution is -0.119. The number of hydrogen-bond donors (Lipinski definition) is 1. The number of ether oxygens (including phenoxy) is 2. The molecule has 1 fully saturated rings. The minimum absolute atomic E-state index is 0.0717. The van der Waals surface area contributed by atoms with Gasteiger partial charge in [-0.2, -0.15) is 0 Å².